The van der Waals surface area contributed by atoms with Gasteiger partial charge in [-0.2, -0.15) is 0 Å². The molecule has 0 saturated carbocycles. The summed E-state index contributed by atoms with van der Waals surface area (Å²) in [4.78, 5) is 5.64. The molecule has 2 rings (SSSR count). The number of rotatable bonds is 5. The van der Waals surface area contributed by atoms with E-state index in [0.29, 0.717) is 5.25 Å². The Balaban J connectivity index is 2.19. The van der Waals surface area contributed by atoms with Crippen LogP contribution < -0.4 is 5.73 Å². The Kier molecular flexibility index (Phi) is 5.05. The summed E-state index contributed by atoms with van der Waals surface area (Å²) >= 11 is 8.70. The second kappa shape index (κ2) is 6.33. The molecular formula is C11H13BrN2S3. The van der Waals surface area contributed by atoms with Crippen LogP contribution in [0.15, 0.2) is 31.8 Å². The molecule has 0 aliphatic heterocycles. The minimum atomic E-state index is 0.162. The van der Waals surface area contributed by atoms with Gasteiger partial charge in [0.25, 0.3) is 0 Å². The summed E-state index contributed by atoms with van der Waals surface area (Å²) < 4.78 is 2.24. The molecule has 17 heavy (non-hydrogen) atoms. The lowest BCUT2D eigenvalue weighted by Crippen LogP contribution is -2.25. The molecule has 2 atom stereocenters. The third-order valence-electron chi connectivity index (χ3n) is 2.37. The molecule has 0 aliphatic carbocycles. The number of halogens is 1. The van der Waals surface area contributed by atoms with Crippen molar-refractivity contribution in [1.29, 1.82) is 0 Å². The highest BCUT2D eigenvalue weighted by molar-refractivity contribution is 9.11. The van der Waals surface area contributed by atoms with E-state index in [0.717, 1.165) is 14.5 Å². The normalized spacial score (nSPS) is 14.8. The summed E-state index contributed by atoms with van der Waals surface area (Å²) in [6.45, 7) is 2.13. The minimum Gasteiger partial charge on any atom is -0.326 e. The molecule has 0 aromatic carbocycles. The highest BCUT2D eigenvalue weighted by Gasteiger charge is 2.22. The number of thiazole rings is 1. The van der Waals surface area contributed by atoms with Gasteiger partial charge in [-0.25, -0.2) is 4.98 Å². The summed E-state index contributed by atoms with van der Waals surface area (Å²) in [6, 6.07) is 4.39. The number of hydrogen-bond donors (Lipinski definition) is 1. The molecule has 92 valence electrons. The van der Waals surface area contributed by atoms with Gasteiger partial charge in [0.1, 0.15) is 4.34 Å². The highest BCUT2D eigenvalue weighted by atomic mass is 79.9. The molecule has 2 unspecified atom stereocenters. The van der Waals surface area contributed by atoms with Gasteiger partial charge in [0.05, 0.1) is 9.04 Å². The zero-order valence-corrected chi connectivity index (χ0v) is 13.3. The summed E-state index contributed by atoms with van der Waals surface area (Å²) in [5.41, 5.74) is 6.22. The van der Waals surface area contributed by atoms with E-state index in [2.05, 4.69) is 40.0 Å². The first-order chi connectivity index (χ1) is 8.20. The van der Waals surface area contributed by atoms with Gasteiger partial charge in [-0.3, -0.25) is 0 Å². The first kappa shape index (κ1) is 13.5. The van der Waals surface area contributed by atoms with Gasteiger partial charge in [-0.15, -0.1) is 22.7 Å². The van der Waals surface area contributed by atoms with Gasteiger partial charge < -0.3 is 5.73 Å². The Morgan fingerprint density at radius 2 is 2.35 bits per heavy atom. The molecule has 2 N–H and O–H groups in total. The minimum absolute atomic E-state index is 0.162. The maximum atomic E-state index is 6.22. The van der Waals surface area contributed by atoms with Crippen molar-refractivity contribution in [1.82, 2.24) is 4.98 Å². The molecule has 0 fully saturated rings. The number of thioether (sulfide) groups is 1. The first-order valence-corrected chi connectivity index (χ1v) is 8.64. The summed E-state index contributed by atoms with van der Waals surface area (Å²) in [5, 5.41) is 2.30. The van der Waals surface area contributed by atoms with Crippen molar-refractivity contribution in [2.45, 2.75) is 29.0 Å². The summed E-state index contributed by atoms with van der Waals surface area (Å²) in [7, 11) is 0. The van der Waals surface area contributed by atoms with Crippen molar-refractivity contribution in [3.05, 3.63) is 32.4 Å². The molecule has 2 aromatic heterocycles. The second-order valence-corrected chi connectivity index (χ2v) is 8.33. The van der Waals surface area contributed by atoms with Crippen LogP contribution in [0.2, 0.25) is 0 Å². The van der Waals surface area contributed by atoms with E-state index in [4.69, 9.17) is 5.73 Å². The summed E-state index contributed by atoms with van der Waals surface area (Å²) in [6.07, 6.45) is 2.81. The lowest BCUT2D eigenvalue weighted by Gasteiger charge is -2.19. The topological polar surface area (TPSA) is 38.9 Å². The highest BCUT2D eigenvalue weighted by Crippen LogP contribution is 2.42. The molecular weight excluding hydrogens is 336 g/mol. The van der Waals surface area contributed by atoms with Crippen LogP contribution in [0.25, 0.3) is 0 Å². The zero-order valence-electron chi connectivity index (χ0n) is 9.30. The molecule has 0 spiro atoms. The standard InChI is InChI=1S/C11H13BrN2S3/c1-2-7(13)10(8-3-4-9(12)16-8)17-11-14-5-6-15-11/h3-7,10H,2,13H2,1H3. The van der Waals surface area contributed by atoms with Crippen molar-refractivity contribution < 1.29 is 0 Å². The molecule has 0 saturated heterocycles. The third kappa shape index (κ3) is 3.54. The van der Waals surface area contributed by atoms with Gasteiger partial charge in [-0.05, 0) is 34.5 Å². The largest absolute Gasteiger partial charge is 0.326 e. The summed E-state index contributed by atoms with van der Waals surface area (Å²) in [5.74, 6) is 0. The Bertz CT molecular complexity index is 455. The average Bonchev–Trinajstić information content (AvgIpc) is 2.96. The quantitative estimate of drug-likeness (QED) is 0.806. The van der Waals surface area contributed by atoms with Crippen LogP contribution in [0, 0.1) is 0 Å². The predicted octanol–water partition coefficient (Wildman–Crippen LogP) is 4.54. The fraction of sp³-hybridized carbons (Fsp3) is 0.364. The van der Waals surface area contributed by atoms with E-state index in [9.17, 15) is 0 Å². The molecule has 6 heteroatoms. The van der Waals surface area contributed by atoms with E-state index in [-0.39, 0.29) is 6.04 Å². The number of thiophene rings is 1. The van der Waals surface area contributed by atoms with Crippen LogP contribution in [-0.4, -0.2) is 11.0 Å². The Morgan fingerprint density at radius 3 is 2.88 bits per heavy atom. The van der Waals surface area contributed by atoms with Crippen molar-refractivity contribution in [3.8, 4) is 0 Å². The van der Waals surface area contributed by atoms with Crippen LogP contribution in [0.5, 0.6) is 0 Å². The van der Waals surface area contributed by atoms with Crippen LogP contribution in [0.1, 0.15) is 23.5 Å². The van der Waals surface area contributed by atoms with Crippen molar-refractivity contribution in [2.24, 2.45) is 5.73 Å². The maximum Gasteiger partial charge on any atom is 0.150 e. The van der Waals surface area contributed by atoms with Gasteiger partial charge >= 0.3 is 0 Å². The predicted molar refractivity (Wildman–Crippen MR) is 81.0 cm³/mol. The van der Waals surface area contributed by atoms with Crippen LogP contribution in [0.3, 0.4) is 0 Å². The number of nitrogens with two attached hydrogens (primary N) is 1. The van der Waals surface area contributed by atoms with E-state index in [1.165, 1.54) is 4.88 Å². The molecule has 2 aromatic rings. The Morgan fingerprint density at radius 1 is 1.53 bits per heavy atom. The van der Waals surface area contributed by atoms with Crippen molar-refractivity contribution >= 4 is 50.4 Å². The molecule has 2 nitrogen and oxygen atoms in total. The lowest BCUT2D eigenvalue weighted by molar-refractivity contribution is 0.640. The van der Waals surface area contributed by atoms with Gasteiger partial charge in [0.15, 0.2) is 0 Å². The molecule has 2 heterocycles. The first-order valence-electron chi connectivity index (χ1n) is 5.27. The van der Waals surface area contributed by atoms with Crippen LogP contribution in [0.4, 0.5) is 0 Å². The number of aromatic nitrogens is 1. The van der Waals surface area contributed by atoms with Crippen LogP contribution >= 0.6 is 50.4 Å². The lowest BCUT2D eigenvalue weighted by atomic mass is 10.1. The van der Waals surface area contributed by atoms with E-state index in [1.54, 1.807) is 34.4 Å². The zero-order chi connectivity index (χ0) is 12.3. The van der Waals surface area contributed by atoms with Crippen LogP contribution in [-0.2, 0) is 0 Å². The van der Waals surface area contributed by atoms with Gasteiger partial charge in [-0.1, -0.05) is 18.7 Å². The SMILES string of the molecule is CCC(N)C(Sc1nccs1)c1ccc(Br)s1. The molecule has 0 aliphatic rings. The van der Waals surface area contributed by atoms with E-state index >= 15 is 0 Å². The monoisotopic (exact) mass is 348 g/mol. The fourth-order valence-corrected chi connectivity index (χ4v) is 5.16. The third-order valence-corrected chi connectivity index (χ3v) is 6.53. The average molecular weight is 349 g/mol. The van der Waals surface area contributed by atoms with E-state index < -0.39 is 0 Å². The number of hydrogen-bond acceptors (Lipinski definition) is 5. The fourth-order valence-electron chi connectivity index (χ4n) is 1.43. The smallest absolute Gasteiger partial charge is 0.150 e. The Labute approximate surface area is 122 Å². The van der Waals surface area contributed by atoms with Crippen molar-refractivity contribution in [2.75, 3.05) is 0 Å². The second-order valence-electron chi connectivity index (χ2n) is 3.55. The Hall–Kier alpha value is 0.120. The van der Waals surface area contributed by atoms with Gasteiger partial charge in [0.2, 0.25) is 0 Å². The molecule has 0 amide bonds. The molecule has 0 bridgehead atoms. The van der Waals surface area contributed by atoms with Gasteiger partial charge in [0, 0.05) is 22.5 Å². The van der Waals surface area contributed by atoms with E-state index in [1.807, 2.05) is 11.6 Å². The number of nitrogens with zero attached hydrogens (tertiary/aromatic N) is 1. The van der Waals surface area contributed by atoms with Crippen molar-refractivity contribution in [3.63, 3.8) is 0 Å². The molecule has 0 radical (unpaired) electrons. The maximum absolute atomic E-state index is 6.22.